The fourth-order valence-corrected chi connectivity index (χ4v) is 2.15. The van der Waals surface area contributed by atoms with Crippen molar-refractivity contribution in [2.75, 3.05) is 12.4 Å². The van der Waals surface area contributed by atoms with Crippen molar-refractivity contribution in [2.24, 2.45) is 0 Å². The maximum atomic E-state index is 10.7. The Balaban J connectivity index is 2.98. The molecule has 0 unspecified atom stereocenters. The lowest BCUT2D eigenvalue weighted by Gasteiger charge is -2.03. The smallest absolute Gasteiger partial charge is 0.335 e. The highest BCUT2D eigenvalue weighted by Gasteiger charge is 2.16. The number of carboxylic acids is 1. The highest BCUT2D eigenvalue weighted by molar-refractivity contribution is 7.99. The summed E-state index contributed by atoms with van der Waals surface area (Å²) in [6.07, 6.45) is 0.499. The number of carbonyl (C=O) groups is 1. The molecule has 0 saturated carbocycles. The van der Waals surface area contributed by atoms with E-state index in [1.165, 1.54) is 30.0 Å². The van der Waals surface area contributed by atoms with Crippen LogP contribution in [0.5, 0.6) is 0 Å². The van der Waals surface area contributed by atoms with Gasteiger partial charge in [0.05, 0.1) is 15.4 Å². The number of aliphatic hydroxyl groups is 1. The van der Waals surface area contributed by atoms with Crippen molar-refractivity contribution >= 4 is 23.4 Å². The van der Waals surface area contributed by atoms with Crippen LogP contribution in [0.25, 0.3) is 0 Å². The highest BCUT2D eigenvalue weighted by atomic mass is 32.2. The molecule has 0 aliphatic carbocycles. The molecule has 0 radical (unpaired) electrons. The van der Waals surface area contributed by atoms with Gasteiger partial charge >= 0.3 is 5.97 Å². The molecular formula is C10H11NO5S. The van der Waals surface area contributed by atoms with Crippen LogP contribution in [0.1, 0.15) is 16.8 Å². The van der Waals surface area contributed by atoms with E-state index >= 15 is 0 Å². The van der Waals surface area contributed by atoms with Crippen molar-refractivity contribution < 1.29 is 19.9 Å². The molecule has 92 valence electrons. The van der Waals surface area contributed by atoms with Crippen LogP contribution in [-0.4, -0.2) is 33.5 Å². The first kappa shape index (κ1) is 13.5. The van der Waals surface area contributed by atoms with Gasteiger partial charge in [-0.2, -0.15) is 0 Å². The summed E-state index contributed by atoms with van der Waals surface area (Å²) >= 11 is 1.17. The molecule has 0 fully saturated rings. The first-order valence-electron chi connectivity index (χ1n) is 4.81. The van der Waals surface area contributed by atoms with Crippen LogP contribution < -0.4 is 0 Å². The number of nitro benzene ring substituents is 1. The summed E-state index contributed by atoms with van der Waals surface area (Å²) in [6, 6.07) is 3.67. The van der Waals surface area contributed by atoms with Crippen LogP contribution in [-0.2, 0) is 0 Å². The van der Waals surface area contributed by atoms with Crippen LogP contribution in [0.3, 0.4) is 0 Å². The molecule has 0 aromatic heterocycles. The lowest BCUT2D eigenvalue weighted by molar-refractivity contribution is -0.387. The summed E-state index contributed by atoms with van der Waals surface area (Å²) in [6.45, 7) is -0.000576. The van der Waals surface area contributed by atoms with Gasteiger partial charge in [0.2, 0.25) is 0 Å². The molecule has 0 spiro atoms. The third kappa shape index (κ3) is 3.72. The van der Waals surface area contributed by atoms with Crippen LogP contribution in [0.2, 0.25) is 0 Å². The fourth-order valence-electron chi connectivity index (χ4n) is 1.16. The average Bonchev–Trinajstić information content (AvgIpc) is 2.28. The maximum Gasteiger partial charge on any atom is 0.335 e. The summed E-state index contributed by atoms with van der Waals surface area (Å²) in [7, 11) is 0. The van der Waals surface area contributed by atoms with Gasteiger partial charge in [0, 0.05) is 18.4 Å². The summed E-state index contributed by atoms with van der Waals surface area (Å²) < 4.78 is 0. The second kappa shape index (κ2) is 6.21. The van der Waals surface area contributed by atoms with Gasteiger partial charge in [-0.25, -0.2) is 4.79 Å². The van der Waals surface area contributed by atoms with Crippen molar-refractivity contribution in [1.82, 2.24) is 0 Å². The molecule has 1 aromatic carbocycles. The lowest BCUT2D eigenvalue weighted by atomic mass is 10.2. The first-order chi connectivity index (χ1) is 8.06. The second-order valence-electron chi connectivity index (χ2n) is 3.17. The maximum absolute atomic E-state index is 10.7. The normalized spacial score (nSPS) is 10.2. The molecule has 0 heterocycles. The molecule has 6 nitrogen and oxygen atoms in total. The van der Waals surface area contributed by atoms with E-state index in [4.69, 9.17) is 10.2 Å². The second-order valence-corrected chi connectivity index (χ2v) is 4.31. The SMILES string of the molecule is O=C(O)c1ccc([N+](=O)[O-])c(SCCCO)c1. The minimum Gasteiger partial charge on any atom is -0.478 e. The topological polar surface area (TPSA) is 101 Å². The Labute approximate surface area is 101 Å². The third-order valence-electron chi connectivity index (χ3n) is 1.96. The Morgan fingerprint density at radius 2 is 2.18 bits per heavy atom. The van der Waals surface area contributed by atoms with E-state index in [0.717, 1.165) is 0 Å². The van der Waals surface area contributed by atoms with Crippen molar-refractivity contribution in [2.45, 2.75) is 11.3 Å². The fraction of sp³-hybridized carbons (Fsp3) is 0.300. The van der Waals surface area contributed by atoms with Crippen LogP contribution in [0.15, 0.2) is 23.1 Å². The summed E-state index contributed by atoms with van der Waals surface area (Å²) in [5.74, 6) is -0.621. The third-order valence-corrected chi connectivity index (χ3v) is 3.09. The van der Waals surface area contributed by atoms with E-state index < -0.39 is 10.9 Å². The molecule has 0 aliphatic rings. The standard InChI is InChI=1S/C10H11NO5S/c12-4-1-5-17-9-6-7(10(13)14)2-3-8(9)11(15)16/h2-3,6,12H,1,4-5H2,(H,13,14). The van der Waals surface area contributed by atoms with E-state index in [1.54, 1.807) is 0 Å². The number of nitro groups is 1. The summed E-state index contributed by atoms with van der Waals surface area (Å²) in [5, 5.41) is 28.1. The minimum absolute atomic E-state index is 0.000576. The molecule has 0 atom stereocenters. The van der Waals surface area contributed by atoms with Crippen molar-refractivity contribution in [1.29, 1.82) is 0 Å². The van der Waals surface area contributed by atoms with Gasteiger partial charge in [0.1, 0.15) is 0 Å². The van der Waals surface area contributed by atoms with E-state index in [9.17, 15) is 14.9 Å². The zero-order chi connectivity index (χ0) is 12.8. The van der Waals surface area contributed by atoms with Gasteiger partial charge in [0.15, 0.2) is 0 Å². The van der Waals surface area contributed by atoms with Crippen molar-refractivity contribution in [3.63, 3.8) is 0 Å². The van der Waals surface area contributed by atoms with Crippen molar-refractivity contribution in [3.05, 3.63) is 33.9 Å². The van der Waals surface area contributed by atoms with Crippen LogP contribution in [0, 0.1) is 10.1 Å². The number of rotatable bonds is 6. The Kier molecular flexibility index (Phi) is 4.92. The molecule has 7 heteroatoms. The molecule has 0 aliphatic heterocycles. The number of aliphatic hydroxyl groups excluding tert-OH is 1. The Hall–Kier alpha value is -1.60. The molecular weight excluding hydrogens is 246 g/mol. The van der Waals surface area contributed by atoms with E-state index in [0.29, 0.717) is 17.1 Å². The molecule has 1 rings (SSSR count). The number of thioether (sulfide) groups is 1. The van der Waals surface area contributed by atoms with E-state index in [1.807, 2.05) is 0 Å². The number of hydrogen-bond acceptors (Lipinski definition) is 5. The Bertz CT molecular complexity index is 435. The van der Waals surface area contributed by atoms with Crippen LogP contribution >= 0.6 is 11.8 Å². The highest BCUT2D eigenvalue weighted by Crippen LogP contribution is 2.30. The summed E-state index contributed by atoms with van der Waals surface area (Å²) in [5.41, 5.74) is -0.0972. The van der Waals surface area contributed by atoms with E-state index in [2.05, 4.69) is 0 Å². The van der Waals surface area contributed by atoms with Gasteiger partial charge in [-0.3, -0.25) is 10.1 Å². The zero-order valence-electron chi connectivity index (χ0n) is 8.83. The molecule has 17 heavy (non-hydrogen) atoms. The molecule has 0 saturated heterocycles. The zero-order valence-corrected chi connectivity index (χ0v) is 9.64. The number of benzene rings is 1. The number of aromatic carboxylic acids is 1. The summed E-state index contributed by atoms with van der Waals surface area (Å²) in [4.78, 5) is 21.2. The molecule has 1 aromatic rings. The van der Waals surface area contributed by atoms with Crippen LogP contribution in [0.4, 0.5) is 5.69 Å². The molecule has 0 amide bonds. The quantitative estimate of drug-likeness (QED) is 0.348. The van der Waals surface area contributed by atoms with E-state index in [-0.39, 0.29) is 17.9 Å². The number of carboxylic acid groups (broad SMARTS) is 1. The van der Waals surface area contributed by atoms with Gasteiger partial charge in [-0.1, -0.05) is 0 Å². The first-order valence-corrected chi connectivity index (χ1v) is 5.80. The minimum atomic E-state index is -1.12. The van der Waals surface area contributed by atoms with Gasteiger partial charge in [0.25, 0.3) is 5.69 Å². The number of nitrogens with zero attached hydrogens (tertiary/aromatic N) is 1. The largest absolute Gasteiger partial charge is 0.478 e. The Morgan fingerprint density at radius 1 is 1.47 bits per heavy atom. The average molecular weight is 257 g/mol. The molecule has 0 bridgehead atoms. The molecule has 2 N–H and O–H groups in total. The predicted molar refractivity (Wildman–Crippen MR) is 62.5 cm³/mol. The van der Waals surface area contributed by atoms with Gasteiger partial charge in [-0.05, 0) is 18.6 Å². The Morgan fingerprint density at radius 3 is 2.71 bits per heavy atom. The lowest BCUT2D eigenvalue weighted by Crippen LogP contribution is -1.99. The monoisotopic (exact) mass is 257 g/mol. The van der Waals surface area contributed by atoms with Gasteiger partial charge in [-0.15, -0.1) is 11.8 Å². The van der Waals surface area contributed by atoms with Gasteiger partial charge < -0.3 is 10.2 Å². The predicted octanol–water partition coefficient (Wildman–Crippen LogP) is 1.77. The van der Waals surface area contributed by atoms with Crippen molar-refractivity contribution in [3.8, 4) is 0 Å². The number of hydrogen-bond donors (Lipinski definition) is 2.